The van der Waals surface area contributed by atoms with Gasteiger partial charge < -0.3 is 13.7 Å². The van der Waals surface area contributed by atoms with Crippen LogP contribution in [-0.2, 0) is 0 Å². The molecular formula is C48H31N3. The van der Waals surface area contributed by atoms with E-state index in [4.69, 9.17) is 21.9 Å². The Morgan fingerprint density at radius 3 is 1.57 bits per heavy atom. The second-order valence-corrected chi connectivity index (χ2v) is 11.3. The lowest BCUT2D eigenvalue weighted by atomic mass is 10.1. The highest BCUT2D eigenvalue weighted by atomic mass is 15.0. The van der Waals surface area contributed by atoms with Gasteiger partial charge in [-0.05, 0) is 71.6 Å². The topological polar surface area (TPSA) is 14.8 Å². The molecule has 3 heterocycles. The number of hydrogen-bond donors (Lipinski definition) is 0. The first-order chi connectivity index (χ1) is 36.6. The zero-order chi connectivity index (χ0) is 57.0. The molecule has 0 N–H and O–H groups in total. The Balaban J connectivity index is 1.41. The molecule has 0 bridgehead atoms. The molecule has 51 heavy (non-hydrogen) atoms. The van der Waals surface area contributed by atoms with E-state index in [0.29, 0.717) is 0 Å². The lowest BCUT2D eigenvalue weighted by molar-refractivity contribution is 1.15. The zero-order valence-corrected chi connectivity index (χ0v) is 25.7. The Labute approximate surface area is 332 Å². The molecule has 3 nitrogen and oxygen atoms in total. The van der Waals surface area contributed by atoms with Gasteiger partial charge in [-0.15, -0.1) is 0 Å². The number of hydrogen-bond acceptors (Lipinski definition) is 0. The summed E-state index contributed by atoms with van der Waals surface area (Å²) < 4.78 is 247. The van der Waals surface area contributed by atoms with Gasteiger partial charge in [0, 0.05) is 43.7 Å². The highest BCUT2D eigenvalue weighted by Crippen LogP contribution is 2.41. The van der Waals surface area contributed by atoms with Crippen LogP contribution < -0.4 is 0 Å². The molecule has 0 aliphatic carbocycles. The average molecular weight is 677 g/mol. The zero-order valence-electron chi connectivity index (χ0n) is 52.7. The fraction of sp³-hybridized carbons (Fsp3) is 0. The first kappa shape index (κ1) is 12.5. The molecule has 0 saturated carbocycles. The van der Waals surface area contributed by atoms with Crippen LogP contribution in [0.15, 0.2) is 187 Å². The molecule has 0 atom stereocenters. The molecule has 11 rings (SSSR count). The van der Waals surface area contributed by atoms with Crippen molar-refractivity contribution in [1.82, 2.24) is 13.7 Å². The van der Waals surface area contributed by atoms with Gasteiger partial charge in [0.05, 0.1) is 75.8 Å². The van der Waals surface area contributed by atoms with Gasteiger partial charge in [0.25, 0.3) is 0 Å². The van der Waals surface area contributed by atoms with Crippen molar-refractivity contribution in [2.75, 3.05) is 0 Å². The minimum absolute atomic E-state index is 0.00553. The SMILES string of the molecule is [2H]c1c([2H])c([2H])c(-c2cccc(-n3c4c([2H])c([2H])c([2H])c([2H])c4c4c([2H])c([2H])c(-n5c6c([2H])c([2H])c([2H])c([2H])c6c6c(-n7c8c([2H])c([2H])c([2H])c([2H])c8c8c([2H])c([2H])c([2H])c([2H])c87)c([2H])c([2H])c([2H])c65)c([2H])c43)c2)c([2H])c1[2H]. The lowest BCUT2D eigenvalue weighted by Crippen LogP contribution is -1.98. The van der Waals surface area contributed by atoms with Gasteiger partial charge in [-0.2, -0.15) is 0 Å². The van der Waals surface area contributed by atoms with E-state index in [9.17, 15) is 15.1 Å². The Hall–Kier alpha value is -6.84. The highest BCUT2D eigenvalue weighted by molar-refractivity contribution is 6.17. The third-order valence-corrected chi connectivity index (χ3v) is 8.72. The summed E-state index contributed by atoms with van der Waals surface area (Å²) in [6.45, 7) is 0. The van der Waals surface area contributed by atoms with Crippen molar-refractivity contribution < 1.29 is 37.0 Å². The van der Waals surface area contributed by atoms with Crippen molar-refractivity contribution in [3.05, 3.63) is 187 Å². The van der Waals surface area contributed by atoms with E-state index < -0.39 is 229 Å². The molecule has 0 radical (unpaired) electrons. The van der Waals surface area contributed by atoms with Crippen LogP contribution in [0.5, 0.6) is 0 Å². The van der Waals surface area contributed by atoms with E-state index in [0.717, 1.165) is 13.7 Å². The third-order valence-electron chi connectivity index (χ3n) is 8.72. The number of benzene rings is 8. The molecular weight excluding hydrogens is 619 g/mol. The van der Waals surface area contributed by atoms with Gasteiger partial charge in [-0.1, -0.05) is 127 Å². The first-order valence-electron chi connectivity index (χ1n) is 28.8. The summed E-state index contributed by atoms with van der Waals surface area (Å²) in [4.78, 5) is 0. The minimum Gasteiger partial charge on any atom is -0.309 e. The summed E-state index contributed by atoms with van der Waals surface area (Å²) in [6, 6.07) is -16.5. The number of fused-ring (bicyclic) bond motifs is 9. The van der Waals surface area contributed by atoms with Gasteiger partial charge in [0.1, 0.15) is 0 Å². The van der Waals surface area contributed by atoms with E-state index in [2.05, 4.69) is 0 Å². The average Bonchev–Trinajstić information content (AvgIpc) is 4.18. The van der Waals surface area contributed by atoms with Crippen molar-refractivity contribution in [3.8, 4) is 28.2 Å². The Morgan fingerprint density at radius 2 is 0.882 bits per heavy atom. The van der Waals surface area contributed by atoms with Gasteiger partial charge in [0.2, 0.25) is 0 Å². The number of aromatic nitrogens is 3. The van der Waals surface area contributed by atoms with Crippen molar-refractivity contribution in [2.45, 2.75) is 0 Å². The van der Waals surface area contributed by atoms with Crippen molar-refractivity contribution in [2.24, 2.45) is 0 Å². The van der Waals surface area contributed by atoms with Crippen LogP contribution in [0.3, 0.4) is 0 Å². The number of para-hydroxylation sites is 4. The van der Waals surface area contributed by atoms with E-state index in [-0.39, 0.29) is 27.7 Å². The second kappa shape index (κ2) is 10.8. The third kappa shape index (κ3) is 4.06. The fourth-order valence-corrected chi connectivity index (χ4v) is 6.66. The summed E-state index contributed by atoms with van der Waals surface area (Å²) in [7, 11) is 0. The van der Waals surface area contributed by atoms with Crippen LogP contribution in [0, 0.1) is 0 Å². The van der Waals surface area contributed by atoms with E-state index >= 15 is 0 Å². The molecule has 0 aliphatic heterocycles. The molecule has 3 heteroatoms. The summed E-state index contributed by atoms with van der Waals surface area (Å²) in [6.07, 6.45) is 0. The standard InChI is InChI=1S/C48H31N3/c1-2-14-32(15-3-1)33-16-12-17-34(30-33)50-41-22-8-4-20-38(41)39-29-28-35(31-47(39)50)49-44-25-11-7-21-40(44)48-45(49)26-13-27-46(48)51-42-23-9-5-18-36(42)37-19-6-10-24-43(37)51/h1-31H/i1D,2D,3D,4D,5D,6D,7D,8D,9D,10D,11D,13D,14D,15D,18D,19D,20D,21D,22D,23D,24D,25D,26D,27D,28D,29D,31D. The summed E-state index contributed by atoms with van der Waals surface area (Å²) in [5.41, 5.74) is -5.08. The molecule has 0 unspecified atom stereocenters. The van der Waals surface area contributed by atoms with Crippen LogP contribution in [0.1, 0.15) is 37.0 Å². The maximum Gasteiger partial charge on any atom is 0.0667 e. The van der Waals surface area contributed by atoms with Gasteiger partial charge in [0.15, 0.2) is 0 Å². The monoisotopic (exact) mass is 676 g/mol. The predicted octanol–water partition coefficient (Wildman–Crippen LogP) is 12.6. The molecule has 0 amide bonds. The second-order valence-electron chi connectivity index (χ2n) is 11.3. The summed E-state index contributed by atoms with van der Waals surface area (Å²) in [5.74, 6) is 0. The van der Waals surface area contributed by atoms with E-state index in [1.807, 2.05) is 0 Å². The lowest BCUT2D eigenvalue weighted by Gasteiger charge is -2.13. The van der Waals surface area contributed by atoms with Gasteiger partial charge in [-0.3, -0.25) is 0 Å². The quantitative estimate of drug-likeness (QED) is 0.176. The fourth-order valence-electron chi connectivity index (χ4n) is 6.66. The molecule has 0 aliphatic rings. The van der Waals surface area contributed by atoms with Crippen LogP contribution in [-0.4, -0.2) is 13.7 Å². The normalized spacial score (nSPS) is 19.3. The van der Waals surface area contributed by atoms with Crippen LogP contribution >= 0.6 is 0 Å². The van der Waals surface area contributed by atoms with Crippen LogP contribution in [0.2, 0.25) is 0 Å². The smallest absolute Gasteiger partial charge is 0.0667 e. The Morgan fingerprint density at radius 1 is 0.353 bits per heavy atom. The molecule has 238 valence electrons. The summed E-state index contributed by atoms with van der Waals surface area (Å²) >= 11 is 0. The summed E-state index contributed by atoms with van der Waals surface area (Å²) in [5, 5.41) is -2.87. The highest BCUT2D eigenvalue weighted by Gasteiger charge is 2.20. The molecule has 0 fully saturated rings. The van der Waals surface area contributed by atoms with Gasteiger partial charge in [-0.25, -0.2) is 0 Å². The van der Waals surface area contributed by atoms with E-state index in [1.54, 1.807) is 0 Å². The van der Waals surface area contributed by atoms with Crippen LogP contribution in [0.25, 0.3) is 93.6 Å². The van der Waals surface area contributed by atoms with Gasteiger partial charge >= 0.3 is 0 Å². The largest absolute Gasteiger partial charge is 0.309 e. The Bertz CT molecular complexity index is 4600. The predicted molar refractivity (Wildman–Crippen MR) is 215 cm³/mol. The molecule has 0 saturated heterocycles. The molecule has 3 aromatic heterocycles. The number of nitrogens with zero attached hydrogens (tertiary/aromatic N) is 3. The maximum absolute atomic E-state index is 10.2. The molecule has 8 aromatic carbocycles. The van der Waals surface area contributed by atoms with Crippen molar-refractivity contribution in [3.63, 3.8) is 0 Å². The van der Waals surface area contributed by atoms with Crippen LogP contribution in [0.4, 0.5) is 0 Å². The number of rotatable bonds is 4. The maximum atomic E-state index is 10.2. The van der Waals surface area contributed by atoms with Crippen molar-refractivity contribution >= 4 is 65.4 Å². The van der Waals surface area contributed by atoms with E-state index in [1.165, 1.54) is 24.3 Å². The molecule has 11 aromatic rings. The minimum atomic E-state index is -0.999. The molecule has 0 spiro atoms. The Kier molecular flexibility index (Phi) is 2.65. The van der Waals surface area contributed by atoms with Crippen molar-refractivity contribution in [1.29, 1.82) is 0 Å². The first-order valence-corrected chi connectivity index (χ1v) is 15.3.